The topological polar surface area (TPSA) is 20.2 Å². The Balaban J connectivity index is 2.90. The standard InChI is InChI=1S/C10H13ClO/c1-7-3-4-10(11)6-9(7)5-8(2)12/h3-4,6,8,12H,5H2,1-2H3/t8-/m0/s1. The Morgan fingerprint density at radius 3 is 2.75 bits per heavy atom. The van der Waals surface area contributed by atoms with Crippen LogP contribution in [0.3, 0.4) is 0 Å². The molecule has 0 aromatic heterocycles. The monoisotopic (exact) mass is 184 g/mol. The van der Waals surface area contributed by atoms with E-state index in [1.807, 2.05) is 25.1 Å². The van der Waals surface area contributed by atoms with Crippen molar-refractivity contribution >= 4 is 11.6 Å². The number of aryl methyl sites for hydroxylation is 1. The van der Waals surface area contributed by atoms with Gasteiger partial charge in [0.2, 0.25) is 0 Å². The van der Waals surface area contributed by atoms with E-state index in [1.54, 1.807) is 6.92 Å². The van der Waals surface area contributed by atoms with Crippen molar-refractivity contribution in [3.05, 3.63) is 34.3 Å². The van der Waals surface area contributed by atoms with Crippen molar-refractivity contribution in [1.82, 2.24) is 0 Å². The number of rotatable bonds is 2. The molecule has 0 radical (unpaired) electrons. The summed E-state index contributed by atoms with van der Waals surface area (Å²) in [5.74, 6) is 0. The lowest BCUT2D eigenvalue weighted by molar-refractivity contribution is 0.195. The zero-order chi connectivity index (χ0) is 9.14. The molecule has 0 aliphatic heterocycles. The predicted molar refractivity (Wildman–Crippen MR) is 51.6 cm³/mol. The predicted octanol–water partition coefficient (Wildman–Crippen LogP) is 2.57. The summed E-state index contributed by atoms with van der Waals surface area (Å²) in [5.41, 5.74) is 2.30. The van der Waals surface area contributed by atoms with Gasteiger partial charge in [0.1, 0.15) is 0 Å². The third-order valence-electron chi connectivity index (χ3n) is 1.83. The summed E-state index contributed by atoms with van der Waals surface area (Å²) in [5, 5.41) is 9.91. The highest BCUT2D eigenvalue weighted by atomic mass is 35.5. The molecular formula is C10H13ClO. The quantitative estimate of drug-likeness (QED) is 0.749. The zero-order valence-electron chi connectivity index (χ0n) is 7.34. The summed E-state index contributed by atoms with van der Waals surface area (Å²) in [4.78, 5) is 0. The van der Waals surface area contributed by atoms with Crippen molar-refractivity contribution in [2.75, 3.05) is 0 Å². The average Bonchev–Trinajstić information content (AvgIpc) is 1.96. The number of aliphatic hydroxyl groups is 1. The highest BCUT2D eigenvalue weighted by Crippen LogP contribution is 2.16. The van der Waals surface area contributed by atoms with Gasteiger partial charge in [0, 0.05) is 5.02 Å². The number of aliphatic hydroxyl groups excluding tert-OH is 1. The summed E-state index contributed by atoms with van der Waals surface area (Å²) < 4.78 is 0. The first-order chi connectivity index (χ1) is 5.59. The first-order valence-electron chi connectivity index (χ1n) is 4.02. The van der Waals surface area contributed by atoms with Crippen molar-refractivity contribution in [1.29, 1.82) is 0 Å². The van der Waals surface area contributed by atoms with E-state index in [2.05, 4.69) is 0 Å². The van der Waals surface area contributed by atoms with E-state index in [-0.39, 0.29) is 6.10 Å². The molecule has 0 spiro atoms. The summed E-state index contributed by atoms with van der Waals surface area (Å²) in [6, 6.07) is 5.74. The molecule has 1 nitrogen and oxygen atoms in total. The molecule has 1 aromatic carbocycles. The van der Waals surface area contributed by atoms with Crippen LogP contribution in [0.15, 0.2) is 18.2 Å². The molecule has 0 amide bonds. The molecule has 1 N–H and O–H groups in total. The van der Waals surface area contributed by atoms with Crippen molar-refractivity contribution in [3.8, 4) is 0 Å². The maximum atomic E-state index is 9.18. The van der Waals surface area contributed by atoms with Gasteiger partial charge >= 0.3 is 0 Å². The van der Waals surface area contributed by atoms with Crippen molar-refractivity contribution in [2.24, 2.45) is 0 Å². The summed E-state index contributed by atoms with van der Waals surface area (Å²) in [6.45, 7) is 3.80. The molecule has 0 aliphatic carbocycles. The molecule has 0 saturated carbocycles. The minimum absolute atomic E-state index is 0.304. The molecule has 1 aromatic rings. The minimum atomic E-state index is -0.304. The third-order valence-corrected chi connectivity index (χ3v) is 2.06. The van der Waals surface area contributed by atoms with Gasteiger partial charge in [-0.1, -0.05) is 17.7 Å². The van der Waals surface area contributed by atoms with Crippen LogP contribution in [0.2, 0.25) is 5.02 Å². The lowest BCUT2D eigenvalue weighted by Gasteiger charge is -2.07. The van der Waals surface area contributed by atoms with Crippen LogP contribution in [0, 0.1) is 6.92 Å². The fraction of sp³-hybridized carbons (Fsp3) is 0.400. The fourth-order valence-electron chi connectivity index (χ4n) is 1.18. The normalized spacial score (nSPS) is 13.0. The molecule has 0 heterocycles. The Labute approximate surface area is 78.0 Å². The van der Waals surface area contributed by atoms with Crippen molar-refractivity contribution in [2.45, 2.75) is 26.4 Å². The molecule has 0 unspecified atom stereocenters. The summed E-state index contributed by atoms with van der Waals surface area (Å²) in [6.07, 6.45) is 0.369. The largest absolute Gasteiger partial charge is 0.393 e. The third kappa shape index (κ3) is 2.50. The van der Waals surface area contributed by atoms with Crippen LogP contribution in [-0.2, 0) is 6.42 Å². The van der Waals surface area contributed by atoms with E-state index in [4.69, 9.17) is 11.6 Å². The van der Waals surface area contributed by atoms with E-state index in [1.165, 1.54) is 5.56 Å². The molecule has 2 heteroatoms. The Morgan fingerprint density at radius 2 is 2.17 bits per heavy atom. The fourth-order valence-corrected chi connectivity index (χ4v) is 1.37. The van der Waals surface area contributed by atoms with Crippen LogP contribution >= 0.6 is 11.6 Å². The van der Waals surface area contributed by atoms with Crippen molar-refractivity contribution < 1.29 is 5.11 Å². The second-order valence-electron chi connectivity index (χ2n) is 3.12. The first-order valence-corrected chi connectivity index (χ1v) is 4.40. The molecule has 1 atom stereocenters. The number of hydrogen-bond donors (Lipinski definition) is 1. The SMILES string of the molecule is Cc1ccc(Cl)cc1C[C@H](C)O. The second kappa shape index (κ2) is 3.92. The average molecular weight is 185 g/mol. The lowest BCUT2D eigenvalue weighted by atomic mass is 10.0. The Kier molecular flexibility index (Phi) is 3.12. The van der Waals surface area contributed by atoms with E-state index in [9.17, 15) is 5.11 Å². The van der Waals surface area contributed by atoms with Gasteiger partial charge in [0.05, 0.1) is 6.10 Å². The van der Waals surface area contributed by atoms with Gasteiger partial charge in [-0.3, -0.25) is 0 Å². The second-order valence-corrected chi connectivity index (χ2v) is 3.56. The molecule has 0 saturated heterocycles. The Hall–Kier alpha value is -0.530. The molecular weight excluding hydrogens is 172 g/mol. The Bertz CT molecular complexity index is 269. The van der Waals surface area contributed by atoms with Gasteiger partial charge in [0.15, 0.2) is 0 Å². The van der Waals surface area contributed by atoms with Gasteiger partial charge < -0.3 is 5.11 Å². The van der Waals surface area contributed by atoms with Crippen LogP contribution in [0.4, 0.5) is 0 Å². The van der Waals surface area contributed by atoms with E-state index >= 15 is 0 Å². The summed E-state index contributed by atoms with van der Waals surface area (Å²) in [7, 11) is 0. The Morgan fingerprint density at radius 1 is 1.50 bits per heavy atom. The number of benzene rings is 1. The molecule has 0 bridgehead atoms. The van der Waals surface area contributed by atoms with Crippen molar-refractivity contribution in [3.63, 3.8) is 0 Å². The van der Waals surface area contributed by atoms with E-state index in [0.717, 1.165) is 10.6 Å². The number of hydrogen-bond acceptors (Lipinski definition) is 1. The highest BCUT2D eigenvalue weighted by Gasteiger charge is 2.02. The molecule has 12 heavy (non-hydrogen) atoms. The van der Waals surface area contributed by atoms with Crippen LogP contribution in [0.1, 0.15) is 18.1 Å². The van der Waals surface area contributed by atoms with Gasteiger partial charge in [-0.2, -0.15) is 0 Å². The molecule has 66 valence electrons. The van der Waals surface area contributed by atoms with Crippen LogP contribution in [0.25, 0.3) is 0 Å². The van der Waals surface area contributed by atoms with Crippen LogP contribution < -0.4 is 0 Å². The van der Waals surface area contributed by atoms with E-state index in [0.29, 0.717) is 6.42 Å². The smallest absolute Gasteiger partial charge is 0.0552 e. The van der Waals surface area contributed by atoms with Crippen LogP contribution in [-0.4, -0.2) is 11.2 Å². The van der Waals surface area contributed by atoms with Gasteiger partial charge in [-0.05, 0) is 43.5 Å². The maximum absolute atomic E-state index is 9.18. The van der Waals surface area contributed by atoms with Crippen LogP contribution in [0.5, 0.6) is 0 Å². The molecule has 1 rings (SSSR count). The molecule has 0 aliphatic rings. The highest BCUT2D eigenvalue weighted by molar-refractivity contribution is 6.30. The minimum Gasteiger partial charge on any atom is -0.393 e. The number of halogens is 1. The zero-order valence-corrected chi connectivity index (χ0v) is 8.10. The van der Waals surface area contributed by atoms with Gasteiger partial charge in [-0.25, -0.2) is 0 Å². The van der Waals surface area contributed by atoms with Gasteiger partial charge in [0.25, 0.3) is 0 Å². The molecule has 0 fully saturated rings. The van der Waals surface area contributed by atoms with E-state index < -0.39 is 0 Å². The maximum Gasteiger partial charge on any atom is 0.0552 e. The first kappa shape index (κ1) is 9.56. The van der Waals surface area contributed by atoms with Gasteiger partial charge in [-0.15, -0.1) is 0 Å². The lowest BCUT2D eigenvalue weighted by Crippen LogP contribution is -2.05. The summed E-state index contributed by atoms with van der Waals surface area (Å²) >= 11 is 5.82.